The molecule has 0 aromatic heterocycles. The topological polar surface area (TPSA) is 99.0 Å². The maximum atomic E-state index is 12.9. The number of carbonyl (C=O) groups is 2. The number of benzene rings is 3. The molecule has 0 spiro atoms. The maximum absolute atomic E-state index is 12.9. The van der Waals surface area contributed by atoms with E-state index in [1.807, 2.05) is 31.2 Å². The molecule has 0 atom stereocenters. The van der Waals surface area contributed by atoms with Crippen LogP contribution in [0.15, 0.2) is 76.1 Å². The third-order valence-electron chi connectivity index (χ3n) is 5.26. The number of nitro groups is 1. The molecule has 36 heavy (non-hydrogen) atoms. The van der Waals surface area contributed by atoms with Gasteiger partial charge >= 0.3 is 0 Å². The molecule has 0 unspecified atom stereocenters. The number of carbonyl (C=O) groups excluding carboxylic acids is 2. The quantitative estimate of drug-likeness (QED) is 0.163. The van der Waals surface area contributed by atoms with Crippen LogP contribution in [0.2, 0.25) is 0 Å². The third kappa shape index (κ3) is 5.95. The molecule has 3 aromatic carbocycles. The molecule has 8 nitrogen and oxygen atoms in total. The molecular formula is C26H21BrN2O6S. The minimum atomic E-state index is -0.449. The normalized spacial score (nSPS) is 14.4. The Kier molecular flexibility index (Phi) is 8.07. The Morgan fingerprint density at radius 3 is 2.50 bits per heavy atom. The third-order valence-corrected chi connectivity index (χ3v) is 6.70. The minimum absolute atomic E-state index is 0.00841. The SMILES string of the molecule is CCOc1cc(/C=C2/SC(=O)N(Cc3ccc(Br)cc3)C2=O)ccc1OCc1ccccc1[N+](=O)[O-]. The second-order valence-electron chi connectivity index (χ2n) is 7.71. The molecule has 2 amide bonds. The van der Waals surface area contributed by atoms with Crippen LogP contribution >= 0.6 is 27.7 Å². The average molecular weight is 569 g/mol. The van der Waals surface area contributed by atoms with Gasteiger partial charge in [0.25, 0.3) is 16.8 Å². The molecule has 1 aliphatic heterocycles. The van der Waals surface area contributed by atoms with Crippen molar-refractivity contribution < 1.29 is 24.0 Å². The molecular weight excluding hydrogens is 548 g/mol. The van der Waals surface area contributed by atoms with Crippen molar-refractivity contribution >= 4 is 50.6 Å². The predicted molar refractivity (Wildman–Crippen MR) is 141 cm³/mol. The van der Waals surface area contributed by atoms with Gasteiger partial charge in [0.15, 0.2) is 11.5 Å². The predicted octanol–water partition coefficient (Wildman–Crippen LogP) is 6.57. The molecule has 1 fully saturated rings. The monoisotopic (exact) mass is 568 g/mol. The smallest absolute Gasteiger partial charge is 0.293 e. The van der Waals surface area contributed by atoms with E-state index in [-0.39, 0.29) is 30.0 Å². The fourth-order valence-corrected chi connectivity index (χ4v) is 4.63. The van der Waals surface area contributed by atoms with E-state index in [9.17, 15) is 19.7 Å². The van der Waals surface area contributed by atoms with Crippen LogP contribution in [0.1, 0.15) is 23.6 Å². The van der Waals surface area contributed by atoms with Crippen molar-refractivity contribution in [1.29, 1.82) is 0 Å². The van der Waals surface area contributed by atoms with Crippen molar-refractivity contribution in [2.45, 2.75) is 20.1 Å². The molecule has 0 radical (unpaired) electrons. The second kappa shape index (κ2) is 11.4. The van der Waals surface area contributed by atoms with Crippen LogP contribution in [-0.4, -0.2) is 27.6 Å². The Morgan fingerprint density at radius 2 is 1.78 bits per heavy atom. The highest BCUT2D eigenvalue weighted by molar-refractivity contribution is 9.10. The van der Waals surface area contributed by atoms with Crippen molar-refractivity contribution in [1.82, 2.24) is 4.90 Å². The summed E-state index contributed by atoms with van der Waals surface area (Å²) in [6.45, 7) is 2.38. The summed E-state index contributed by atoms with van der Waals surface area (Å²) in [5.74, 6) is 0.483. The van der Waals surface area contributed by atoms with Gasteiger partial charge in [-0.3, -0.25) is 24.6 Å². The zero-order valence-corrected chi connectivity index (χ0v) is 21.6. The summed E-state index contributed by atoms with van der Waals surface area (Å²) in [6, 6.07) is 18.9. The van der Waals surface area contributed by atoms with Crippen molar-refractivity contribution in [3.63, 3.8) is 0 Å². The lowest BCUT2D eigenvalue weighted by Crippen LogP contribution is -2.27. The molecule has 3 aromatic rings. The lowest BCUT2D eigenvalue weighted by Gasteiger charge is -2.13. The second-order valence-corrected chi connectivity index (χ2v) is 9.62. The molecule has 0 bridgehead atoms. The summed E-state index contributed by atoms with van der Waals surface area (Å²) in [4.78, 5) is 37.8. The van der Waals surface area contributed by atoms with Gasteiger partial charge in [0.05, 0.1) is 28.5 Å². The number of nitro benzene ring substituents is 1. The van der Waals surface area contributed by atoms with E-state index in [1.54, 1.807) is 42.5 Å². The van der Waals surface area contributed by atoms with Gasteiger partial charge in [-0.05, 0) is 66.2 Å². The van der Waals surface area contributed by atoms with Crippen molar-refractivity contribution in [2.75, 3.05) is 6.61 Å². The number of hydrogen-bond acceptors (Lipinski definition) is 7. The van der Waals surface area contributed by atoms with E-state index < -0.39 is 4.92 Å². The van der Waals surface area contributed by atoms with Crippen LogP contribution in [0.5, 0.6) is 11.5 Å². The van der Waals surface area contributed by atoms with Crippen LogP contribution in [0.4, 0.5) is 10.5 Å². The first-order valence-corrected chi connectivity index (χ1v) is 12.6. The molecule has 0 N–H and O–H groups in total. The summed E-state index contributed by atoms with van der Waals surface area (Å²) in [6.07, 6.45) is 1.64. The lowest BCUT2D eigenvalue weighted by molar-refractivity contribution is -0.385. The van der Waals surface area contributed by atoms with Crippen molar-refractivity contribution in [2.24, 2.45) is 0 Å². The van der Waals surface area contributed by atoms with Gasteiger partial charge in [-0.2, -0.15) is 0 Å². The van der Waals surface area contributed by atoms with Crippen LogP contribution < -0.4 is 9.47 Å². The summed E-state index contributed by atoms with van der Waals surface area (Å²) in [5.41, 5.74) is 1.92. The number of nitrogens with zero attached hydrogens (tertiary/aromatic N) is 2. The largest absolute Gasteiger partial charge is 0.490 e. The Bertz CT molecular complexity index is 1340. The molecule has 10 heteroatoms. The highest BCUT2D eigenvalue weighted by Crippen LogP contribution is 2.36. The number of imide groups is 1. The van der Waals surface area contributed by atoms with E-state index >= 15 is 0 Å². The van der Waals surface area contributed by atoms with Crippen LogP contribution in [0.25, 0.3) is 6.08 Å². The molecule has 4 rings (SSSR count). The molecule has 1 saturated heterocycles. The zero-order chi connectivity index (χ0) is 25.7. The van der Waals surface area contributed by atoms with E-state index in [0.717, 1.165) is 21.8 Å². The number of hydrogen-bond donors (Lipinski definition) is 0. The van der Waals surface area contributed by atoms with Gasteiger partial charge in [-0.1, -0.05) is 46.3 Å². The van der Waals surface area contributed by atoms with Gasteiger partial charge in [-0.25, -0.2) is 0 Å². The van der Waals surface area contributed by atoms with Gasteiger partial charge in [0, 0.05) is 10.5 Å². The highest BCUT2D eigenvalue weighted by Gasteiger charge is 2.35. The number of rotatable bonds is 9. The van der Waals surface area contributed by atoms with Gasteiger partial charge in [-0.15, -0.1) is 0 Å². The van der Waals surface area contributed by atoms with Gasteiger partial charge in [0.1, 0.15) is 6.61 Å². The van der Waals surface area contributed by atoms with Gasteiger partial charge in [0.2, 0.25) is 0 Å². The molecule has 1 heterocycles. The van der Waals surface area contributed by atoms with Crippen molar-refractivity contribution in [3.05, 3.63) is 103 Å². The number of halogens is 1. The van der Waals surface area contributed by atoms with Crippen LogP contribution in [0, 0.1) is 10.1 Å². The minimum Gasteiger partial charge on any atom is -0.490 e. The standard InChI is InChI=1S/C26H21BrN2O6S/c1-2-34-23-13-18(9-12-22(23)35-16-19-5-3-4-6-21(19)29(32)33)14-24-25(30)28(26(31)36-24)15-17-7-10-20(27)11-8-17/h3-14H,2,15-16H2,1H3/b24-14+. The number of para-hydroxylation sites is 1. The van der Waals surface area contributed by atoms with Crippen LogP contribution in [0.3, 0.4) is 0 Å². The summed E-state index contributed by atoms with van der Waals surface area (Å²) >= 11 is 4.26. The number of thioether (sulfide) groups is 1. The lowest BCUT2D eigenvalue weighted by atomic mass is 10.1. The maximum Gasteiger partial charge on any atom is 0.293 e. The van der Waals surface area contributed by atoms with E-state index in [4.69, 9.17) is 9.47 Å². The summed E-state index contributed by atoms with van der Waals surface area (Å²) < 4.78 is 12.5. The first-order chi connectivity index (χ1) is 17.4. The zero-order valence-electron chi connectivity index (χ0n) is 19.2. The first kappa shape index (κ1) is 25.5. The molecule has 0 saturated carbocycles. The Hall–Kier alpha value is -3.63. The Labute approximate surface area is 220 Å². The van der Waals surface area contributed by atoms with E-state index in [1.165, 1.54) is 11.0 Å². The number of ether oxygens (including phenoxy) is 2. The van der Waals surface area contributed by atoms with Gasteiger partial charge < -0.3 is 9.47 Å². The Balaban J connectivity index is 1.51. The summed E-state index contributed by atoms with van der Waals surface area (Å²) in [5, 5.41) is 10.9. The van der Waals surface area contributed by atoms with Crippen LogP contribution in [-0.2, 0) is 17.9 Å². The molecule has 184 valence electrons. The fraction of sp³-hybridized carbons (Fsp3) is 0.154. The van der Waals surface area contributed by atoms with E-state index in [2.05, 4.69) is 15.9 Å². The molecule has 0 aliphatic carbocycles. The van der Waals surface area contributed by atoms with E-state index in [0.29, 0.717) is 34.1 Å². The fourth-order valence-electron chi connectivity index (χ4n) is 3.53. The summed E-state index contributed by atoms with van der Waals surface area (Å²) in [7, 11) is 0. The average Bonchev–Trinajstić information content (AvgIpc) is 3.12. The van der Waals surface area contributed by atoms with Crippen molar-refractivity contribution in [3.8, 4) is 11.5 Å². The first-order valence-electron chi connectivity index (χ1n) is 11.0. The molecule has 1 aliphatic rings. The number of amides is 2. The highest BCUT2D eigenvalue weighted by atomic mass is 79.9. The Morgan fingerprint density at radius 1 is 1.03 bits per heavy atom.